The number of rotatable bonds is 5. The summed E-state index contributed by atoms with van der Waals surface area (Å²) in [6.07, 6.45) is 2.26. The predicted octanol–water partition coefficient (Wildman–Crippen LogP) is 6.70. The topological polar surface area (TPSA) is 22.1 Å². The zero-order chi connectivity index (χ0) is 18.8. The second kappa shape index (κ2) is 7.49. The van der Waals surface area contributed by atoms with Crippen LogP contribution in [0.15, 0.2) is 36.4 Å². The van der Waals surface area contributed by atoms with Crippen molar-refractivity contribution in [2.75, 3.05) is 0 Å². The molecule has 0 saturated heterocycles. The van der Waals surface area contributed by atoms with E-state index >= 15 is 0 Å². The number of ether oxygens (including phenoxy) is 1. The van der Waals surface area contributed by atoms with Gasteiger partial charge in [0.2, 0.25) is 0 Å². The average molecular weight is 348 g/mol. The first-order chi connectivity index (χ1) is 12.4. The first kappa shape index (κ1) is 18.4. The van der Waals surface area contributed by atoms with Crippen LogP contribution >= 0.6 is 0 Å². The fourth-order valence-corrected chi connectivity index (χ4v) is 3.88. The van der Waals surface area contributed by atoms with Crippen LogP contribution in [-0.4, -0.2) is 11.1 Å². The van der Waals surface area contributed by atoms with Gasteiger partial charge in [-0.15, -0.1) is 0 Å². The van der Waals surface area contributed by atoms with Crippen molar-refractivity contribution in [1.82, 2.24) is 4.98 Å². The van der Waals surface area contributed by atoms with Gasteiger partial charge in [0.15, 0.2) is 0 Å². The minimum atomic E-state index is 0.242. The lowest BCUT2D eigenvalue weighted by Crippen LogP contribution is -2.14. The Hall–Kier alpha value is -2.35. The molecule has 136 valence electrons. The predicted molar refractivity (Wildman–Crippen MR) is 111 cm³/mol. The summed E-state index contributed by atoms with van der Waals surface area (Å²) in [5.41, 5.74) is 8.38. The maximum atomic E-state index is 6.34. The molecule has 26 heavy (non-hydrogen) atoms. The minimum absolute atomic E-state index is 0.242. The van der Waals surface area contributed by atoms with Crippen molar-refractivity contribution < 1.29 is 4.74 Å². The summed E-state index contributed by atoms with van der Waals surface area (Å²) in [4.78, 5) is 4.90. The van der Waals surface area contributed by atoms with E-state index in [2.05, 4.69) is 71.0 Å². The Morgan fingerprint density at radius 2 is 1.58 bits per heavy atom. The third kappa shape index (κ3) is 3.46. The molecule has 0 aliphatic carbocycles. The van der Waals surface area contributed by atoms with Gasteiger partial charge in [-0.1, -0.05) is 43.7 Å². The Labute approximate surface area is 157 Å². The number of fused-ring (bicyclic) bond motifs is 1. The number of pyridine rings is 1. The zero-order valence-corrected chi connectivity index (χ0v) is 16.8. The minimum Gasteiger partial charge on any atom is -0.490 e. The van der Waals surface area contributed by atoms with Gasteiger partial charge in [0.25, 0.3) is 0 Å². The van der Waals surface area contributed by atoms with Crippen molar-refractivity contribution in [3.05, 3.63) is 58.8 Å². The molecule has 1 heterocycles. The number of benzene rings is 2. The Bertz CT molecular complexity index is 915. The lowest BCUT2D eigenvalue weighted by Gasteiger charge is -2.19. The molecule has 2 heteroatoms. The Kier molecular flexibility index (Phi) is 5.31. The quantitative estimate of drug-likeness (QED) is 0.512. The van der Waals surface area contributed by atoms with Crippen molar-refractivity contribution >= 4 is 10.9 Å². The molecule has 0 fully saturated rings. The second-order valence-corrected chi connectivity index (χ2v) is 7.29. The largest absolute Gasteiger partial charge is 0.490 e. The summed E-state index contributed by atoms with van der Waals surface area (Å²) in [6.45, 7) is 12.9. The van der Waals surface area contributed by atoms with Crippen molar-refractivity contribution in [2.45, 2.75) is 60.5 Å². The van der Waals surface area contributed by atoms with Gasteiger partial charge in [-0.25, -0.2) is 0 Å². The average Bonchev–Trinajstić information content (AvgIpc) is 2.59. The Balaban J connectivity index is 2.25. The van der Waals surface area contributed by atoms with Gasteiger partial charge in [-0.3, -0.25) is 4.98 Å². The molecule has 0 unspecified atom stereocenters. The highest BCUT2D eigenvalue weighted by Crippen LogP contribution is 2.37. The molecule has 2 aromatic carbocycles. The number of hydrogen-bond acceptors (Lipinski definition) is 2. The van der Waals surface area contributed by atoms with Crippen molar-refractivity contribution in [2.24, 2.45) is 0 Å². The number of para-hydroxylation sites is 1. The monoisotopic (exact) mass is 347 g/mol. The number of hydrogen-bond donors (Lipinski definition) is 0. The van der Waals surface area contributed by atoms with Crippen LogP contribution in [0, 0.1) is 27.7 Å². The third-order valence-corrected chi connectivity index (χ3v) is 5.08. The molecule has 2 nitrogen and oxygen atoms in total. The van der Waals surface area contributed by atoms with Crippen LogP contribution in [0.25, 0.3) is 22.0 Å². The molecule has 0 spiro atoms. The van der Waals surface area contributed by atoms with E-state index in [0.29, 0.717) is 0 Å². The van der Waals surface area contributed by atoms with Gasteiger partial charge < -0.3 is 4.74 Å². The van der Waals surface area contributed by atoms with E-state index in [-0.39, 0.29) is 6.10 Å². The molecular weight excluding hydrogens is 318 g/mol. The maximum Gasteiger partial charge on any atom is 0.130 e. The molecule has 0 atom stereocenters. The lowest BCUT2D eigenvalue weighted by molar-refractivity contribution is 0.195. The molecule has 0 N–H and O–H groups in total. The lowest BCUT2D eigenvalue weighted by atomic mass is 9.92. The van der Waals surface area contributed by atoms with E-state index in [4.69, 9.17) is 9.72 Å². The molecule has 1 aromatic heterocycles. The van der Waals surface area contributed by atoms with E-state index < -0.39 is 0 Å². The maximum absolute atomic E-state index is 6.34. The van der Waals surface area contributed by atoms with Crippen LogP contribution in [0.1, 0.15) is 49.1 Å². The summed E-state index contributed by atoms with van der Waals surface area (Å²) in [6, 6.07) is 13.0. The molecule has 3 rings (SSSR count). The van der Waals surface area contributed by atoms with Crippen molar-refractivity contribution in [3.63, 3.8) is 0 Å². The summed E-state index contributed by atoms with van der Waals surface area (Å²) >= 11 is 0. The molecule has 3 aromatic rings. The molecular formula is C24H29NO. The summed E-state index contributed by atoms with van der Waals surface area (Å²) in [5.74, 6) is 0.950. The van der Waals surface area contributed by atoms with E-state index in [1.807, 2.05) is 6.92 Å². The third-order valence-electron chi connectivity index (χ3n) is 5.08. The zero-order valence-electron chi connectivity index (χ0n) is 16.8. The van der Waals surface area contributed by atoms with Gasteiger partial charge in [0, 0.05) is 22.7 Å². The first-order valence-electron chi connectivity index (χ1n) is 9.59. The second-order valence-electron chi connectivity index (χ2n) is 7.29. The molecule has 0 aliphatic rings. The number of aryl methyl sites for hydroxylation is 4. The summed E-state index contributed by atoms with van der Waals surface area (Å²) in [7, 11) is 0. The van der Waals surface area contributed by atoms with Crippen LogP contribution in [0.3, 0.4) is 0 Å². The molecule has 0 radical (unpaired) electrons. The fraction of sp³-hybridized carbons (Fsp3) is 0.375. The van der Waals surface area contributed by atoms with E-state index in [0.717, 1.165) is 35.2 Å². The highest BCUT2D eigenvalue weighted by molar-refractivity contribution is 5.98. The van der Waals surface area contributed by atoms with E-state index in [1.54, 1.807) is 0 Å². The Morgan fingerprint density at radius 3 is 2.19 bits per heavy atom. The Morgan fingerprint density at radius 1 is 0.923 bits per heavy atom. The SMILES string of the molecule is CCC(CC)Oc1cc(C)nc2c(-c3c(C)cc(C)cc3C)cccc12. The summed E-state index contributed by atoms with van der Waals surface area (Å²) < 4.78 is 6.34. The highest BCUT2D eigenvalue weighted by atomic mass is 16.5. The molecule has 0 bridgehead atoms. The smallest absolute Gasteiger partial charge is 0.130 e. The molecule has 0 saturated carbocycles. The number of aromatic nitrogens is 1. The van der Waals surface area contributed by atoms with Crippen molar-refractivity contribution in [1.29, 1.82) is 0 Å². The van der Waals surface area contributed by atoms with E-state index in [1.165, 1.54) is 27.8 Å². The van der Waals surface area contributed by atoms with Gasteiger partial charge in [0.1, 0.15) is 5.75 Å². The fourth-order valence-electron chi connectivity index (χ4n) is 3.88. The van der Waals surface area contributed by atoms with Crippen molar-refractivity contribution in [3.8, 4) is 16.9 Å². The highest BCUT2D eigenvalue weighted by Gasteiger charge is 2.15. The summed E-state index contributed by atoms with van der Waals surface area (Å²) in [5, 5.41) is 1.10. The van der Waals surface area contributed by atoms with E-state index in [9.17, 15) is 0 Å². The van der Waals surface area contributed by atoms with Crippen LogP contribution in [-0.2, 0) is 0 Å². The molecule has 0 aliphatic heterocycles. The van der Waals surface area contributed by atoms with Crippen LogP contribution in [0.5, 0.6) is 5.75 Å². The van der Waals surface area contributed by atoms with Gasteiger partial charge >= 0.3 is 0 Å². The standard InChI is InChI=1S/C24H29NO/c1-7-19(8-2)26-22-14-18(6)25-24-20(22)10-9-11-21(24)23-16(4)12-15(3)13-17(23)5/h9-14,19H,7-8H2,1-6H3. The number of nitrogens with zero attached hydrogens (tertiary/aromatic N) is 1. The van der Waals surface area contributed by atoms with Crippen LogP contribution < -0.4 is 4.74 Å². The van der Waals surface area contributed by atoms with Gasteiger partial charge in [0.05, 0.1) is 11.6 Å². The first-order valence-corrected chi connectivity index (χ1v) is 9.59. The van der Waals surface area contributed by atoms with Gasteiger partial charge in [-0.05, 0) is 63.3 Å². The molecule has 0 amide bonds. The van der Waals surface area contributed by atoms with Crippen LogP contribution in [0.2, 0.25) is 0 Å². The van der Waals surface area contributed by atoms with Crippen LogP contribution in [0.4, 0.5) is 0 Å². The van der Waals surface area contributed by atoms with Gasteiger partial charge in [-0.2, -0.15) is 0 Å². The normalized spacial score (nSPS) is 11.3.